The molecule has 0 aromatic carbocycles. The van der Waals surface area contributed by atoms with Gasteiger partial charge in [-0.1, -0.05) is 26.2 Å². The third-order valence-electron chi connectivity index (χ3n) is 3.15. The Morgan fingerprint density at radius 2 is 2.13 bits per heavy atom. The molecule has 1 rings (SSSR count). The van der Waals surface area contributed by atoms with Crippen LogP contribution in [0.15, 0.2) is 0 Å². The number of aliphatic hydroxyl groups is 1. The lowest BCUT2D eigenvalue weighted by Gasteiger charge is -2.32. The molecular weight excluding hydrogens is 208 g/mol. The summed E-state index contributed by atoms with van der Waals surface area (Å²) in [5, 5.41) is 15.7. The molecule has 0 saturated heterocycles. The van der Waals surface area contributed by atoms with Crippen LogP contribution < -0.4 is 10.6 Å². The quantitative estimate of drug-likeness (QED) is 0.639. The van der Waals surface area contributed by atoms with Crippen molar-refractivity contribution in [3.8, 4) is 0 Å². The van der Waals surface area contributed by atoms with Crippen molar-refractivity contribution in [2.24, 2.45) is 5.92 Å². The van der Waals surface area contributed by atoms with Gasteiger partial charge in [0.25, 0.3) is 0 Å². The molecule has 0 aromatic heterocycles. The van der Waals surface area contributed by atoms with Crippen LogP contribution in [0.3, 0.4) is 0 Å². The minimum Gasteiger partial charge on any atom is -0.395 e. The topological polar surface area (TPSA) is 44.3 Å². The highest BCUT2D eigenvalue weighted by molar-refractivity contribution is 7.80. The fraction of sp³-hybridized carbons (Fsp3) is 0.909. The van der Waals surface area contributed by atoms with Crippen molar-refractivity contribution in [1.82, 2.24) is 10.6 Å². The van der Waals surface area contributed by atoms with Crippen LogP contribution in [0.4, 0.5) is 0 Å². The van der Waals surface area contributed by atoms with Crippen LogP contribution in [-0.2, 0) is 0 Å². The second-order valence-electron chi connectivity index (χ2n) is 4.18. The first-order valence-electron chi connectivity index (χ1n) is 5.93. The fourth-order valence-corrected chi connectivity index (χ4v) is 2.53. The van der Waals surface area contributed by atoms with Crippen molar-refractivity contribution >= 4 is 17.3 Å². The molecule has 0 aliphatic heterocycles. The molecule has 3 nitrogen and oxygen atoms in total. The van der Waals surface area contributed by atoms with Gasteiger partial charge in [-0.2, -0.15) is 0 Å². The van der Waals surface area contributed by atoms with Gasteiger partial charge in [0.2, 0.25) is 0 Å². The molecule has 1 fully saturated rings. The maximum atomic E-state index is 8.67. The van der Waals surface area contributed by atoms with Gasteiger partial charge >= 0.3 is 0 Å². The lowest BCUT2D eigenvalue weighted by Crippen LogP contribution is -2.47. The Bertz CT molecular complexity index is 199. The predicted octanol–water partition coefficient (Wildman–Crippen LogP) is 1.41. The molecule has 88 valence electrons. The summed E-state index contributed by atoms with van der Waals surface area (Å²) in [7, 11) is 0. The molecule has 0 bridgehead atoms. The van der Waals surface area contributed by atoms with Gasteiger partial charge in [-0.3, -0.25) is 0 Å². The van der Waals surface area contributed by atoms with E-state index in [1.807, 2.05) is 0 Å². The molecule has 0 heterocycles. The van der Waals surface area contributed by atoms with Crippen LogP contribution in [0.2, 0.25) is 0 Å². The van der Waals surface area contributed by atoms with Crippen LogP contribution in [0.25, 0.3) is 0 Å². The van der Waals surface area contributed by atoms with Crippen molar-refractivity contribution < 1.29 is 5.11 Å². The van der Waals surface area contributed by atoms with Gasteiger partial charge in [0.05, 0.1) is 6.61 Å². The van der Waals surface area contributed by atoms with E-state index in [0.717, 1.165) is 5.92 Å². The second-order valence-corrected chi connectivity index (χ2v) is 4.59. The third kappa shape index (κ3) is 4.34. The lowest BCUT2D eigenvalue weighted by molar-refractivity contribution is 0.277. The summed E-state index contributed by atoms with van der Waals surface area (Å²) in [6.45, 7) is 2.91. The van der Waals surface area contributed by atoms with E-state index in [9.17, 15) is 0 Å². The number of aliphatic hydroxyl groups excluding tert-OH is 1. The highest BCUT2D eigenvalue weighted by atomic mass is 32.1. The lowest BCUT2D eigenvalue weighted by atomic mass is 9.83. The Balaban J connectivity index is 2.30. The average molecular weight is 230 g/mol. The molecule has 1 aliphatic carbocycles. The number of hydrogen-bond acceptors (Lipinski definition) is 2. The smallest absolute Gasteiger partial charge is 0.166 e. The Kier molecular flexibility index (Phi) is 5.95. The molecule has 0 aromatic rings. The van der Waals surface area contributed by atoms with E-state index in [1.165, 1.54) is 32.1 Å². The predicted molar refractivity (Wildman–Crippen MR) is 66.9 cm³/mol. The van der Waals surface area contributed by atoms with Crippen molar-refractivity contribution in [3.63, 3.8) is 0 Å². The van der Waals surface area contributed by atoms with Gasteiger partial charge < -0.3 is 15.7 Å². The first kappa shape index (κ1) is 12.7. The average Bonchev–Trinajstić information content (AvgIpc) is 2.27. The van der Waals surface area contributed by atoms with E-state index in [4.69, 9.17) is 17.3 Å². The summed E-state index contributed by atoms with van der Waals surface area (Å²) >= 11 is 5.17. The zero-order chi connectivity index (χ0) is 11.1. The monoisotopic (exact) mass is 230 g/mol. The molecule has 4 heteroatoms. The molecule has 2 atom stereocenters. The number of hydrogen-bond donors (Lipinski definition) is 3. The molecule has 1 saturated carbocycles. The van der Waals surface area contributed by atoms with E-state index >= 15 is 0 Å². The van der Waals surface area contributed by atoms with E-state index in [0.29, 0.717) is 17.7 Å². The standard InChI is InChI=1S/C11H22N2OS/c1-2-9-5-3-4-6-10(9)13-11(15)12-7-8-14/h9-10,14H,2-8H2,1H3,(H2,12,13,15)/t9-,10-/m0/s1. The molecule has 15 heavy (non-hydrogen) atoms. The van der Waals surface area contributed by atoms with Crippen molar-refractivity contribution in [2.75, 3.05) is 13.2 Å². The fourth-order valence-electron chi connectivity index (χ4n) is 2.28. The first-order valence-corrected chi connectivity index (χ1v) is 6.34. The van der Waals surface area contributed by atoms with Gasteiger partial charge in [0.15, 0.2) is 5.11 Å². The van der Waals surface area contributed by atoms with Crippen LogP contribution >= 0.6 is 12.2 Å². The minimum atomic E-state index is 0.129. The Labute approximate surface area is 97.6 Å². The summed E-state index contributed by atoms with van der Waals surface area (Å²) in [5.41, 5.74) is 0. The third-order valence-corrected chi connectivity index (χ3v) is 3.41. The Hall–Kier alpha value is -0.350. The van der Waals surface area contributed by atoms with Crippen LogP contribution in [-0.4, -0.2) is 29.4 Å². The van der Waals surface area contributed by atoms with E-state index in [2.05, 4.69) is 17.6 Å². The molecule has 0 radical (unpaired) electrons. The number of rotatable bonds is 4. The zero-order valence-corrected chi connectivity index (χ0v) is 10.3. The normalized spacial score (nSPS) is 26.0. The van der Waals surface area contributed by atoms with Gasteiger partial charge in [-0.05, 0) is 31.0 Å². The zero-order valence-electron chi connectivity index (χ0n) is 9.46. The second kappa shape index (κ2) is 7.01. The Morgan fingerprint density at radius 3 is 2.80 bits per heavy atom. The highest BCUT2D eigenvalue weighted by Crippen LogP contribution is 2.26. The molecule has 3 N–H and O–H groups in total. The molecular formula is C11H22N2OS. The maximum Gasteiger partial charge on any atom is 0.166 e. The summed E-state index contributed by atoms with van der Waals surface area (Å²) in [5.74, 6) is 0.757. The van der Waals surface area contributed by atoms with E-state index in [-0.39, 0.29) is 6.61 Å². The SMILES string of the molecule is CC[C@H]1CCCC[C@@H]1NC(=S)NCCO. The largest absolute Gasteiger partial charge is 0.395 e. The van der Waals surface area contributed by atoms with Gasteiger partial charge in [-0.15, -0.1) is 0 Å². The van der Waals surface area contributed by atoms with E-state index in [1.54, 1.807) is 0 Å². The molecule has 1 aliphatic rings. The first-order chi connectivity index (χ1) is 7.27. The minimum absolute atomic E-state index is 0.129. The number of thiocarbonyl (C=S) groups is 1. The molecule has 0 amide bonds. The van der Waals surface area contributed by atoms with Crippen molar-refractivity contribution in [1.29, 1.82) is 0 Å². The van der Waals surface area contributed by atoms with Crippen LogP contribution in [0.5, 0.6) is 0 Å². The van der Waals surface area contributed by atoms with Crippen LogP contribution in [0, 0.1) is 5.92 Å². The summed E-state index contributed by atoms with van der Waals surface area (Å²) in [6, 6.07) is 0.530. The Morgan fingerprint density at radius 1 is 1.40 bits per heavy atom. The summed E-state index contributed by atoms with van der Waals surface area (Å²) in [4.78, 5) is 0. The van der Waals surface area contributed by atoms with E-state index < -0.39 is 0 Å². The summed E-state index contributed by atoms with van der Waals surface area (Å²) < 4.78 is 0. The maximum absolute atomic E-state index is 8.67. The van der Waals surface area contributed by atoms with Crippen molar-refractivity contribution in [2.45, 2.75) is 45.1 Å². The van der Waals surface area contributed by atoms with Crippen LogP contribution in [0.1, 0.15) is 39.0 Å². The molecule has 0 unspecified atom stereocenters. The van der Waals surface area contributed by atoms with Gasteiger partial charge in [0, 0.05) is 12.6 Å². The van der Waals surface area contributed by atoms with Gasteiger partial charge in [0.1, 0.15) is 0 Å². The van der Waals surface area contributed by atoms with Gasteiger partial charge in [-0.25, -0.2) is 0 Å². The highest BCUT2D eigenvalue weighted by Gasteiger charge is 2.23. The summed E-state index contributed by atoms with van der Waals surface area (Å²) in [6.07, 6.45) is 6.42. The molecule has 0 spiro atoms. The van der Waals surface area contributed by atoms with Crippen molar-refractivity contribution in [3.05, 3.63) is 0 Å². The number of nitrogens with one attached hydrogen (secondary N) is 2.